The summed E-state index contributed by atoms with van der Waals surface area (Å²) in [5.41, 5.74) is 1.53. The van der Waals surface area contributed by atoms with Gasteiger partial charge in [-0.3, -0.25) is 9.59 Å². The largest absolute Gasteiger partial charge is 0.482 e. The third-order valence-corrected chi connectivity index (χ3v) is 3.81. The molecule has 1 aliphatic rings. The van der Waals surface area contributed by atoms with Gasteiger partial charge in [0.05, 0.1) is 5.69 Å². The van der Waals surface area contributed by atoms with Crippen LogP contribution in [-0.4, -0.2) is 25.0 Å². The lowest BCUT2D eigenvalue weighted by Gasteiger charge is -2.31. The maximum absolute atomic E-state index is 13.0. The highest BCUT2D eigenvalue weighted by Gasteiger charge is 2.26. The molecule has 6 heteroatoms. The number of amides is 2. The summed E-state index contributed by atoms with van der Waals surface area (Å²) in [5, 5.41) is 2.76. The Bertz CT molecular complexity index is 803. The lowest BCUT2D eigenvalue weighted by Crippen LogP contribution is -2.41. The Hall–Kier alpha value is -2.89. The van der Waals surface area contributed by atoms with E-state index in [1.165, 1.54) is 24.3 Å². The van der Waals surface area contributed by atoms with Crippen molar-refractivity contribution in [2.45, 2.75) is 13.8 Å². The van der Waals surface area contributed by atoms with Crippen molar-refractivity contribution in [3.63, 3.8) is 0 Å². The molecule has 0 spiro atoms. The number of benzene rings is 2. The molecule has 0 unspecified atom stereocenters. The Labute approximate surface area is 145 Å². The van der Waals surface area contributed by atoms with Crippen LogP contribution in [0.5, 0.6) is 5.75 Å². The molecule has 1 heterocycles. The van der Waals surface area contributed by atoms with Crippen LogP contribution in [0.3, 0.4) is 0 Å². The number of ether oxygens (including phenoxy) is 1. The van der Waals surface area contributed by atoms with Crippen LogP contribution in [0.25, 0.3) is 0 Å². The van der Waals surface area contributed by atoms with Gasteiger partial charge in [0, 0.05) is 17.8 Å². The quantitative estimate of drug-likeness (QED) is 0.926. The van der Waals surface area contributed by atoms with Crippen LogP contribution in [0.2, 0.25) is 0 Å². The lowest BCUT2D eigenvalue weighted by molar-refractivity contribution is -0.121. The Balaban J connectivity index is 1.84. The van der Waals surface area contributed by atoms with Crippen LogP contribution in [0.4, 0.5) is 15.8 Å². The predicted octanol–water partition coefficient (Wildman–Crippen LogP) is 3.46. The fraction of sp³-hybridized carbons (Fsp3) is 0.263. The summed E-state index contributed by atoms with van der Waals surface area (Å²) < 4.78 is 18.4. The lowest BCUT2D eigenvalue weighted by atomic mass is 10.1. The second-order valence-electron chi connectivity index (χ2n) is 6.33. The van der Waals surface area contributed by atoms with Gasteiger partial charge in [-0.1, -0.05) is 13.8 Å². The monoisotopic (exact) mass is 342 g/mol. The molecule has 0 fully saturated rings. The van der Waals surface area contributed by atoms with Gasteiger partial charge in [-0.05, 0) is 48.4 Å². The number of nitrogens with zero attached hydrogens (tertiary/aromatic N) is 1. The van der Waals surface area contributed by atoms with E-state index in [2.05, 4.69) is 5.32 Å². The molecule has 1 aliphatic heterocycles. The SMILES string of the molecule is CC(C)CN1C(=O)COc2ccc(NC(=O)c3ccc(F)cc3)cc21. The summed E-state index contributed by atoms with van der Waals surface area (Å²) in [7, 11) is 0. The minimum Gasteiger partial charge on any atom is -0.482 e. The molecular weight excluding hydrogens is 323 g/mol. The van der Waals surface area contributed by atoms with E-state index < -0.39 is 5.82 Å². The molecule has 2 aromatic carbocycles. The molecule has 25 heavy (non-hydrogen) atoms. The fourth-order valence-electron chi connectivity index (χ4n) is 2.65. The fourth-order valence-corrected chi connectivity index (χ4v) is 2.65. The van der Waals surface area contributed by atoms with Crippen molar-refractivity contribution >= 4 is 23.2 Å². The van der Waals surface area contributed by atoms with Crippen molar-refractivity contribution in [3.8, 4) is 5.75 Å². The molecule has 0 atom stereocenters. The summed E-state index contributed by atoms with van der Waals surface area (Å²) >= 11 is 0. The van der Waals surface area contributed by atoms with Crippen LogP contribution in [0.15, 0.2) is 42.5 Å². The molecule has 5 nitrogen and oxygen atoms in total. The molecule has 0 aromatic heterocycles. The van der Waals surface area contributed by atoms with Crippen molar-refractivity contribution < 1.29 is 18.7 Å². The number of anilines is 2. The third-order valence-electron chi connectivity index (χ3n) is 3.81. The summed E-state index contributed by atoms with van der Waals surface area (Å²) in [4.78, 5) is 26.1. The van der Waals surface area contributed by atoms with E-state index in [9.17, 15) is 14.0 Å². The van der Waals surface area contributed by atoms with Gasteiger partial charge in [-0.2, -0.15) is 0 Å². The van der Waals surface area contributed by atoms with Crippen molar-refractivity contribution in [1.29, 1.82) is 0 Å². The summed E-state index contributed by atoms with van der Waals surface area (Å²) in [6.45, 7) is 4.65. The molecule has 2 amide bonds. The van der Waals surface area contributed by atoms with Gasteiger partial charge in [0.2, 0.25) is 0 Å². The van der Waals surface area contributed by atoms with Crippen molar-refractivity contribution in [2.75, 3.05) is 23.4 Å². The zero-order chi connectivity index (χ0) is 18.0. The summed E-state index contributed by atoms with van der Waals surface area (Å²) in [6, 6.07) is 10.5. The summed E-state index contributed by atoms with van der Waals surface area (Å²) in [6.07, 6.45) is 0. The number of hydrogen-bond donors (Lipinski definition) is 1. The topological polar surface area (TPSA) is 58.6 Å². The van der Waals surface area contributed by atoms with Crippen LogP contribution in [0, 0.1) is 11.7 Å². The Morgan fingerprint density at radius 2 is 1.96 bits per heavy atom. The zero-order valence-electron chi connectivity index (χ0n) is 14.1. The van der Waals surface area contributed by atoms with E-state index in [1.807, 2.05) is 13.8 Å². The highest BCUT2D eigenvalue weighted by molar-refractivity contribution is 6.05. The van der Waals surface area contributed by atoms with Gasteiger partial charge in [0.15, 0.2) is 6.61 Å². The normalized spacial score (nSPS) is 13.4. The van der Waals surface area contributed by atoms with Crippen molar-refractivity contribution in [2.24, 2.45) is 5.92 Å². The molecular formula is C19H19FN2O3. The van der Waals surface area contributed by atoms with Crippen LogP contribution in [-0.2, 0) is 4.79 Å². The maximum Gasteiger partial charge on any atom is 0.265 e. The Morgan fingerprint density at radius 1 is 1.24 bits per heavy atom. The minimum atomic E-state index is -0.398. The van der Waals surface area contributed by atoms with Crippen molar-refractivity contribution in [1.82, 2.24) is 0 Å². The Morgan fingerprint density at radius 3 is 2.64 bits per heavy atom. The molecule has 0 bridgehead atoms. The third kappa shape index (κ3) is 3.79. The Kier molecular flexibility index (Phi) is 4.70. The van der Waals surface area contributed by atoms with E-state index in [0.717, 1.165) is 0 Å². The van der Waals surface area contributed by atoms with E-state index in [0.29, 0.717) is 35.2 Å². The number of halogens is 1. The standard InChI is InChI=1S/C19H19FN2O3/c1-12(2)10-22-16-9-15(7-8-17(16)25-11-18(22)23)21-19(24)13-3-5-14(20)6-4-13/h3-9,12H,10-11H2,1-2H3,(H,21,24). The summed E-state index contributed by atoms with van der Waals surface area (Å²) in [5.74, 6) is 0.0549. The highest BCUT2D eigenvalue weighted by atomic mass is 19.1. The average molecular weight is 342 g/mol. The van der Waals surface area contributed by atoms with E-state index in [4.69, 9.17) is 4.74 Å². The first-order chi connectivity index (χ1) is 11.9. The minimum absolute atomic E-state index is 0.0149. The van der Waals surface area contributed by atoms with Gasteiger partial charge < -0.3 is 15.0 Å². The smallest absolute Gasteiger partial charge is 0.265 e. The first-order valence-corrected chi connectivity index (χ1v) is 8.08. The molecule has 130 valence electrons. The first kappa shape index (κ1) is 17.0. The van der Waals surface area contributed by atoms with Crippen molar-refractivity contribution in [3.05, 3.63) is 53.8 Å². The van der Waals surface area contributed by atoms with E-state index >= 15 is 0 Å². The van der Waals surface area contributed by atoms with Gasteiger partial charge >= 0.3 is 0 Å². The molecule has 0 saturated heterocycles. The molecule has 0 aliphatic carbocycles. The highest BCUT2D eigenvalue weighted by Crippen LogP contribution is 2.35. The molecule has 3 rings (SSSR count). The van der Waals surface area contributed by atoms with Gasteiger partial charge in [0.1, 0.15) is 11.6 Å². The first-order valence-electron chi connectivity index (χ1n) is 8.08. The number of carbonyl (C=O) groups excluding carboxylic acids is 2. The molecule has 1 N–H and O–H groups in total. The predicted molar refractivity (Wildman–Crippen MR) is 93.5 cm³/mol. The number of hydrogen-bond acceptors (Lipinski definition) is 3. The van der Waals surface area contributed by atoms with Gasteiger partial charge in [0.25, 0.3) is 11.8 Å². The van der Waals surface area contributed by atoms with E-state index in [1.54, 1.807) is 23.1 Å². The average Bonchev–Trinajstić information content (AvgIpc) is 2.58. The van der Waals surface area contributed by atoms with Gasteiger partial charge in [-0.15, -0.1) is 0 Å². The second kappa shape index (κ2) is 6.93. The second-order valence-corrected chi connectivity index (χ2v) is 6.33. The maximum atomic E-state index is 13.0. The number of nitrogens with one attached hydrogen (secondary N) is 1. The van der Waals surface area contributed by atoms with Crippen LogP contribution >= 0.6 is 0 Å². The zero-order valence-corrected chi connectivity index (χ0v) is 14.1. The molecule has 0 radical (unpaired) electrons. The van der Waals surface area contributed by atoms with Gasteiger partial charge in [-0.25, -0.2) is 4.39 Å². The number of carbonyl (C=O) groups is 2. The van der Waals surface area contributed by atoms with E-state index in [-0.39, 0.29) is 18.4 Å². The molecule has 0 saturated carbocycles. The van der Waals surface area contributed by atoms with Crippen LogP contribution in [0.1, 0.15) is 24.2 Å². The van der Waals surface area contributed by atoms with Crippen LogP contribution < -0.4 is 15.0 Å². The number of fused-ring (bicyclic) bond motifs is 1. The number of rotatable bonds is 4. The molecule has 2 aromatic rings.